The number of aromatic nitrogens is 1. The number of thiazole rings is 1. The molecule has 3 aromatic rings. The first-order valence-corrected chi connectivity index (χ1v) is 9.34. The minimum atomic E-state index is -0.192. The lowest BCUT2D eigenvalue weighted by atomic mass is 10.1. The second-order valence-electron chi connectivity index (χ2n) is 6.32. The van der Waals surface area contributed by atoms with Crippen molar-refractivity contribution in [2.75, 3.05) is 24.5 Å². The predicted octanol–water partition coefficient (Wildman–Crippen LogP) is 2.97. The zero-order valence-corrected chi connectivity index (χ0v) is 15.5. The van der Waals surface area contributed by atoms with Crippen molar-refractivity contribution in [2.24, 2.45) is 0 Å². The standard InChI is InChI=1S/C20H16N4O2S/c1-13-22-16-10-14(6-7-18(16)27-13)20(26)23-8-9-24(19(25)12-23)17-5-3-2-4-15(17)11-21/h2-7,10H,8-9,12H2,1H3. The molecule has 0 saturated carbocycles. The Labute approximate surface area is 160 Å². The van der Waals surface area contributed by atoms with E-state index in [1.54, 1.807) is 57.5 Å². The van der Waals surface area contributed by atoms with Crippen molar-refractivity contribution in [1.82, 2.24) is 9.88 Å². The highest BCUT2D eigenvalue weighted by molar-refractivity contribution is 7.18. The number of amides is 2. The van der Waals surface area contributed by atoms with Crippen LogP contribution in [0.4, 0.5) is 5.69 Å². The van der Waals surface area contributed by atoms with Gasteiger partial charge in [-0.2, -0.15) is 5.26 Å². The van der Waals surface area contributed by atoms with Gasteiger partial charge in [0.1, 0.15) is 12.6 Å². The molecule has 0 N–H and O–H groups in total. The van der Waals surface area contributed by atoms with Crippen LogP contribution in [0.5, 0.6) is 0 Å². The van der Waals surface area contributed by atoms with Crippen molar-refractivity contribution >= 4 is 39.1 Å². The number of para-hydroxylation sites is 1. The summed E-state index contributed by atoms with van der Waals surface area (Å²) in [4.78, 5) is 33.0. The third kappa shape index (κ3) is 3.15. The van der Waals surface area contributed by atoms with Gasteiger partial charge < -0.3 is 9.80 Å². The molecule has 2 heterocycles. The molecule has 1 aromatic heterocycles. The average molecular weight is 376 g/mol. The fourth-order valence-electron chi connectivity index (χ4n) is 3.26. The summed E-state index contributed by atoms with van der Waals surface area (Å²) >= 11 is 1.59. The van der Waals surface area contributed by atoms with E-state index in [4.69, 9.17) is 0 Å². The molecular formula is C20H16N4O2S. The molecule has 0 spiro atoms. The summed E-state index contributed by atoms with van der Waals surface area (Å²) in [6, 6.07) is 14.6. The Balaban J connectivity index is 1.54. The van der Waals surface area contributed by atoms with E-state index in [0.29, 0.717) is 29.9 Å². The summed E-state index contributed by atoms with van der Waals surface area (Å²) in [5.74, 6) is -0.369. The second kappa shape index (κ2) is 6.82. The third-order valence-electron chi connectivity index (χ3n) is 4.56. The number of rotatable bonds is 2. The van der Waals surface area contributed by atoms with Gasteiger partial charge in [-0.25, -0.2) is 4.98 Å². The Morgan fingerprint density at radius 3 is 2.81 bits per heavy atom. The van der Waals surface area contributed by atoms with E-state index in [2.05, 4.69) is 11.1 Å². The first kappa shape index (κ1) is 17.2. The lowest BCUT2D eigenvalue weighted by Crippen LogP contribution is -2.52. The van der Waals surface area contributed by atoms with E-state index in [0.717, 1.165) is 15.2 Å². The Hall–Kier alpha value is -3.24. The van der Waals surface area contributed by atoms with Crippen molar-refractivity contribution in [1.29, 1.82) is 5.26 Å². The van der Waals surface area contributed by atoms with Crippen LogP contribution < -0.4 is 4.90 Å². The number of aryl methyl sites for hydroxylation is 1. The zero-order chi connectivity index (χ0) is 19.0. The van der Waals surface area contributed by atoms with Crippen molar-refractivity contribution in [3.63, 3.8) is 0 Å². The van der Waals surface area contributed by atoms with E-state index < -0.39 is 0 Å². The number of carbonyl (C=O) groups is 2. The van der Waals surface area contributed by atoms with Gasteiger partial charge in [0.05, 0.1) is 26.5 Å². The smallest absolute Gasteiger partial charge is 0.254 e. The van der Waals surface area contributed by atoms with Gasteiger partial charge in [0.2, 0.25) is 5.91 Å². The largest absolute Gasteiger partial charge is 0.328 e. The van der Waals surface area contributed by atoms with Gasteiger partial charge in [-0.1, -0.05) is 12.1 Å². The number of benzene rings is 2. The Morgan fingerprint density at radius 1 is 1.22 bits per heavy atom. The summed E-state index contributed by atoms with van der Waals surface area (Å²) in [5, 5.41) is 10.2. The number of nitrogens with zero attached hydrogens (tertiary/aromatic N) is 4. The molecule has 4 rings (SSSR count). The molecule has 27 heavy (non-hydrogen) atoms. The zero-order valence-electron chi connectivity index (χ0n) is 14.7. The van der Waals surface area contributed by atoms with E-state index >= 15 is 0 Å². The molecule has 134 valence electrons. The van der Waals surface area contributed by atoms with E-state index in [9.17, 15) is 14.9 Å². The third-order valence-corrected chi connectivity index (χ3v) is 5.52. The minimum absolute atomic E-state index is 0.00722. The summed E-state index contributed by atoms with van der Waals surface area (Å²) in [6.45, 7) is 2.70. The molecule has 1 fully saturated rings. The number of nitriles is 1. The first-order chi connectivity index (χ1) is 13.1. The number of anilines is 1. The summed E-state index contributed by atoms with van der Waals surface area (Å²) in [6.07, 6.45) is 0. The molecule has 0 aliphatic carbocycles. The van der Waals surface area contributed by atoms with Crippen LogP contribution in [0.15, 0.2) is 42.5 Å². The van der Waals surface area contributed by atoms with Gasteiger partial charge in [0.15, 0.2) is 0 Å². The highest BCUT2D eigenvalue weighted by Gasteiger charge is 2.29. The Kier molecular flexibility index (Phi) is 4.34. The molecule has 1 saturated heterocycles. The van der Waals surface area contributed by atoms with Crippen molar-refractivity contribution in [3.05, 3.63) is 58.6 Å². The average Bonchev–Trinajstić information content (AvgIpc) is 3.06. The first-order valence-electron chi connectivity index (χ1n) is 8.53. The predicted molar refractivity (Wildman–Crippen MR) is 104 cm³/mol. The minimum Gasteiger partial charge on any atom is -0.328 e. The van der Waals surface area contributed by atoms with Crippen molar-refractivity contribution in [3.8, 4) is 6.07 Å². The van der Waals surface area contributed by atoms with Crippen LogP contribution in [0.3, 0.4) is 0 Å². The quantitative estimate of drug-likeness (QED) is 0.689. The van der Waals surface area contributed by atoms with Gasteiger partial charge >= 0.3 is 0 Å². The van der Waals surface area contributed by atoms with E-state index in [1.165, 1.54) is 0 Å². The molecule has 6 nitrogen and oxygen atoms in total. The number of fused-ring (bicyclic) bond motifs is 1. The van der Waals surface area contributed by atoms with Crippen LogP contribution in [-0.4, -0.2) is 41.3 Å². The maximum absolute atomic E-state index is 12.8. The Morgan fingerprint density at radius 2 is 2.04 bits per heavy atom. The van der Waals surface area contributed by atoms with Crippen LogP contribution in [0.1, 0.15) is 20.9 Å². The molecule has 2 amide bonds. The maximum Gasteiger partial charge on any atom is 0.254 e. The molecule has 1 aliphatic heterocycles. The topological polar surface area (TPSA) is 77.3 Å². The number of hydrogen-bond donors (Lipinski definition) is 0. The molecular weight excluding hydrogens is 360 g/mol. The van der Waals surface area contributed by atoms with Crippen LogP contribution in [-0.2, 0) is 4.79 Å². The van der Waals surface area contributed by atoms with Crippen LogP contribution in [0.2, 0.25) is 0 Å². The van der Waals surface area contributed by atoms with Gasteiger partial charge in [-0.15, -0.1) is 11.3 Å². The SMILES string of the molecule is Cc1nc2cc(C(=O)N3CCN(c4ccccc4C#N)C(=O)C3)ccc2s1. The monoisotopic (exact) mass is 376 g/mol. The van der Waals surface area contributed by atoms with Crippen LogP contribution in [0.25, 0.3) is 10.2 Å². The fraction of sp³-hybridized carbons (Fsp3) is 0.200. The van der Waals surface area contributed by atoms with Gasteiger partial charge in [0, 0.05) is 18.7 Å². The van der Waals surface area contributed by atoms with Crippen molar-refractivity contribution in [2.45, 2.75) is 6.92 Å². The molecule has 0 unspecified atom stereocenters. The molecule has 1 aliphatic rings. The highest BCUT2D eigenvalue weighted by Crippen LogP contribution is 2.25. The summed E-state index contributed by atoms with van der Waals surface area (Å²) in [5.41, 5.74) is 2.38. The van der Waals surface area contributed by atoms with Gasteiger partial charge in [-0.3, -0.25) is 9.59 Å². The summed E-state index contributed by atoms with van der Waals surface area (Å²) in [7, 11) is 0. The normalized spacial score (nSPS) is 14.4. The molecule has 0 bridgehead atoms. The highest BCUT2D eigenvalue weighted by atomic mass is 32.1. The maximum atomic E-state index is 12.8. The van der Waals surface area contributed by atoms with Gasteiger partial charge in [0.25, 0.3) is 5.91 Å². The molecule has 7 heteroatoms. The van der Waals surface area contributed by atoms with Crippen LogP contribution >= 0.6 is 11.3 Å². The number of piperazine rings is 1. The van der Waals surface area contributed by atoms with Gasteiger partial charge in [-0.05, 0) is 37.3 Å². The number of hydrogen-bond acceptors (Lipinski definition) is 5. The van der Waals surface area contributed by atoms with Crippen LogP contribution in [0, 0.1) is 18.3 Å². The second-order valence-corrected chi connectivity index (χ2v) is 7.55. The Bertz CT molecular complexity index is 1100. The van der Waals surface area contributed by atoms with E-state index in [1.807, 2.05) is 13.0 Å². The summed E-state index contributed by atoms with van der Waals surface area (Å²) < 4.78 is 1.04. The number of carbonyl (C=O) groups excluding carboxylic acids is 2. The van der Waals surface area contributed by atoms with Crippen molar-refractivity contribution < 1.29 is 9.59 Å². The molecule has 0 radical (unpaired) electrons. The fourth-order valence-corrected chi connectivity index (χ4v) is 4.07. The lowest BCUT2D eigenvalue weighted by Gasteiger charge is -2.34. The van der Waals surface area contributed by atoms with E-state index in [-0.39, 0.29) is 18.4 Å². The molecule has 0 atom stereocenters. The lowest BCUT2D eigenvalue weighted by molar-refractivity contribution is -0.120. The molecule has 2 aromatic carbocycles.